The van der Waals surface area contributed by atoms with Gasteiger partial charge in [0.1, 0.15) is 23.7 Å². The highest BCUT2D eigenvalue weighted by molar-refractivity contribution is 8.00. The Labute approximate surface area is 218 Å². The summed E-state index contributed by atoms with van der Waals surface area (Å²) in [5, 5.41) is 16.4. The van der Waals surface area contributed by atoms with E-state index in [1.165, 1.54) is 22.7 Å². The van der Waals surface area contributed by atoms with Crippen molar-refractivity contribution in [3.05, 3.63) is 35.6 Å². The largest absolute Gasteiger partial charge is 0.490 e. The minimum absolute atomic E-state index is 0.0915. The molecule has 208 valence electrons. The van der Waals surface area contributed by atoms with Gasteiger partial charge in [0.2, 0.25) is 11.8 Å². The van der Waals surface area contributed by atoms with Crippen molar-refractivity contribution in [1.29, 1.82) is 0 Å². The summed E-state index contributed by atoms with van der Waals surface area (Å²) in [6, 6.07) is -0.802. The Balaban J connectivity index is 0.000000505. The molecule has 4 aliphatic rings. The number of nitrogens with two attached hydrogens (primary N) is 1. The van der Waals surface area contributed by atoms with Crippen molar-refractivity contribution in [3.8, 4) is 0 Å². The van der Waals surface area contributed by atoms with Crippen LogP contribution in [0.3, 0.4) is 0 Å². The summed E-state index contributed by atoms with van der Waals surface area (Å²) in [6.45, 7) is 5.06. The quantitative estimate of drug-likeness (QED) is 0.247. The molecule has 38 heavy (non-hydrogen) atoms. The first-order valence-electron chi connectivity index (χ1n) is 11.3. The maximum absolute atomic E-state index is 13.0. The van der Waals surface area contributed by atoms with E-state index in [1.807, 2.05) is 0 Å². The molecule has 0 aromatic rings. The van der Waals surface area contributed by atoms with E-state index in [-0.39, 0.29) is 29.6 Å². The lowest BCUT2D eigenvalue weighted by atomic mass is 10.0. The van der Waals surface area contributed by atoms with Gasteiger partial charge in [-0.25, -0.2) is 14.4 Å². The summed E-state index contributed by atoms with van der Waals surface area (Å²) >= 11 is 1.40. The number of rotatable bonds is 5. The number of carbonyl (C=O) groups is 5. The fraction of sp³-hybridized carbons (Fsp3) is 0.500. The van der Waals surface area contributed by atoms with Crippen molar-refractivity contribution in [1.82, 2.24) is 14.7 Å². The second-order valence-electron chi connectivity index (χ2n) is 8.59. The van der Waals surface area contributed by atoms with Gasteiger partial charge in [0, 0.05) is 31.0 Å². The van der Waals surface area contributed by atoms with Crippen LogP contribution in [0.4, 0.5) is 18.0 Å². The number of aliphatic carboxylic acids is 2. The molecule has 0 saturated carbocycles. The van der Waals surface area contributed by atoms with E-state index in [2.05, 4.69) is 6.58 Å². The zero-order valence-electron chi connectivity index (χ0n) is 19.8. The maximum Gasteiger partial charge on any atom is 0.490 e. The molecular formula is C22H25F3N4O8S. The molecule has 16 heteroatoms. The number of fused-ring (bicyclic) bond motifs is 1. The molecule has 3 amide bonds. The minimum Gasteiger partial charge on any atom is -0.477 e. The van der Waals surface area contributed by atoms with Gasteiger partial charge in [-0.3, -0.25) is 14.5 Å². The van der Waals surface area contributed by atoms with Crippen LogP contribution in [0.1, 0.15) is 12.8 Å². The minimum atomic E-state index is -5.08. The Morgan fingerprint density at radius 3 is 2.45 bits per heavy atom. The van der Waals surface area contributed by atoms with Crippen molar-refractivity contribution in [2.45, 2.75) is 36.5 Å². The molecule has 0 spiro atoms. The van der Waals surface area contributed by atoms with E-state index in [1.54, 1.807) is 15.9 Å². The number of hydrogen-bond acceptors (Lipinski definition) is 8. The van der Waals surface area contributed by atoms with Crippen molar-refractivity contribution in [3.63, 3.8) is 0 Å². The van der Waals surface area contributed by atoms with Gasteiger partial charge in [-0.2, -0.15) is 13.2 Å². The van der Waals surface area contributed by atoms with Crippen LogP contribution < -0.4 is 5.73 Å². The zero-order chi connectivity index (χ0) is 28.4. The first-order valence-corrected chi connectivity index (χ1v) is 12.3. The Morgan fingerprint density at radius 1 is 1.21 bits per heavy atom. The van der Waals surface area contributed by atoms with Crippen LogP contribution in [0.2, 0.25) is 0 Å². The molecule has 4 aliphatic heterocycles. The lowest BCUT2D eigenvalue weighted by molar-refractivity contribution is -0.192. The number of nitrogens with zero attached hydrogens (tertiary/aromatic N) is 3. The van der Waals surface area contributed by atoms with Crippen LogP contribution in [0.5, 0.6) is 0 Å². The number of ether oxygens (including phenoxy) is 1. The molecule has 0 aromatic carbocycles. The first kappa shape index (κ1) is 29.0. The summed E-state index contributed by atoms with van der Waals surface area (Å²) in [4.78, 5) is 62.4. The molecule has 3 fully saturated rings. The normalized spacial score (nSPS) is 26.1. The lowest BCUT2D eigenvalue weighted by Gasteiger charge is -2.47. The van der Waals surface area contributed by atoms with E-state index < -0.39 is 36.2 Å². The third kappa shape index (κ3) is 5.96. The number of β-lactam (4-membered cyclic amide) rings is 1. The monoisotopic (exact) mass is 562 g/mol. The summed E-state index contributed by atoms with van der Waals surface area (Å²) in [7, 11) is 0. The number of alkyl halides is 3. The third-order valence-electron chi connectivity index (χ3n) is 6.18. The van der Waals surface area contributed by atoms with Crippen molar-refractivity contribution in [2.75, 3.05) is 32.0 Å². The van der Waals surface area contributed by atoms with Crippen LogP contribution in [-0.4, -0.2) is 110 Å². The van der Waals surface area contributed by atoms with E-state index >= 15 is 0 Å². The van der Waals surface area contributed by atoms with Gasteiger partial charge in [0.25, 0.3) is 0 Å². The van der Waals surface area contributed by atoms with Gasteiger partial charge < -0.3 is 30.5 Å². The van der Waals surface area contributed by atoms with Crippen molar-refractivity contribution < 1.29 is 52.1 Å². The Hall–Kier alpha value is -3.53. The van der Waals surface area contributed by atoms with E-state index in [9.17, 15) is 37.5 Å². The number of allylic oxidation sites excluding steroid dienone is 1. The number of carboxylic acids is 2. The van der Waals surface area contributed by atoms with E-state index in [0.29, 0.717) is 49.4 Å². The Kier molecular flexibility index (Phi) is 8.76. The molecule has 0 unspecified atom stereocenters. The predicted octanol–water partition coefficient (Wildman–Crippen LogP) is 0.756. The summed E-state index contributed by atoms with van der Waals surface area (Å²) in [5.74, 6) is -4.18. The molecule has 4 heterocycles. The lowest BCUT2D eigenvalue weighted by Crippen LogP contribution is -2.68. The highest BCUT2D eigenvalue weighted by Crippen LogP contribution is 2.40. The summed E-state index contributed by atoms with van der Waals surface area (Å²) in [5.41, 5.74) is 6.64. The van der Waals surface area contributed by atoms with Crippen LogP contribution in [-0.2, 0) is 23.9 Å². The fourth-order valence-corrected chi connectivity index (χ4v) is 5.61. The number of halogens is 3. The van der Waals surface area contributed by atoms with E-state index in [0.717, 1.165) is 0 Å². The van der Waals surface area contributed by atoms with Gasteiger partial charge in [-0.05, 0) is 24.5 Å². The SMILES string of the molecule is C=CCOC(=O)N1CC[C@H](N2CC/C(=C\C3=C(C(=O)O)N4C(=O)[C@@H](N)[C@H]4SC3)C2=O)C1.O=C(O)C(F)(F)F. The molecule has 0 aromatic heterocycles. The molecule has 4 N–H and O–H groups in total. The predicted molar refractivity (Wildman–Crippen MR) is 125 cm³/mol. The molecule has 0 bridgehead atoms. The van der Waals surface area contributed by atoms with Gasteiger partial charge in [0.15, 0.2) is 0 Å². The molecule has 12 nitrogen and oxygen atoms in total. The summed E-state index contributed by atoms with van der Waals surface area (Å²) < 4.78 is 36.8. The molecule has 4 rings (SSSR count). The molecule has 3 atom stereocenters. The van der Waals surface area contributed by atoms with Crippen molar-refractivity contribution >= 4 is 41.6 Å². The number of thioether (sulfide) groups is 1. The second-order valence-corrected chi connectivity index (χ2v) is 9.69. The van der Waals surface area contributed by atoms with Gasteiger partial charge in [0.05, 0.1) is 6.04 Å². The Bertz CT molecular complexity index is 1110. The van der Waals surface area contributed by atoms with Crippen LogP contribution in [0.25, 0.3) is 0 Å². The van der Waals surface area contributed by atoms with Crippen LogP contribution in [0, 0.1) is 0 Å². The Morgan fingerprint density at radius 2 is 1.87 bits per heavy atom. The van der Waals surface area contributed by atoms with Gasteiger partial charge in [-0.1, -0.05) is 12.7 Å². The average molecular weight is 563 g/mol. The van der Waals surface area contributed by atoms with Crippen molar-refractivity contribution in [2.24, 2.45) is 5.73 Å². The van der Waals surface area contributed by atoms with Crippen LogP contribution in [0.15, 0.2) is 35.6 Å². The standard InChI is InChI=1S/C20H24N4O6S.C2HF3O2/c1-2-7-30-20(29)22-5-4-13(9-22)23-6-3-11(16(23)25)8-12-10-31-18-14(21)17(26)24(18)15(12)19(27)28;3-2(4,5)1(6)7/h2,8,13-14,18H,1,3-7,9-10,21H2,(H,27,28);(H,6,7)/b11-8+;/t13-,14+,18+;/m0./s1. The number of carbonyl (C=O) groups excluding carboxylic acids is 3. The smallest absolute Gasteiger partial charge is 0.477 e. The number of carboxylic acid groups (broad SMARTS) is 2. The maximum atomic E-state index is 13.0. The van der Waals surface area contributed by atoms with E-state index in [4.69, 9.17) is 20.4 Å². The molecule has 3 saturated heterocycles. The average Bonchev–Trinajstić information content (AvgIpc) is 3.48. The van der Waals surface area contributed by atoms with Crippen LogP contribution >= 0.6 is 11.8 Å². The summed E-state index contributed by atoms with van der Waals surface area (Å²) in [6.07, 6.45) is -1.26. The topological polar surface area (TPSA) is 171 Å². The van der Waals surface area contributed by atoms with Gasteiger partial charge >= 0.3 is 24.2 Å². The molecular weight excluding hydrogens is 537 g/mol. The second kappa shape index (κ2) is 11.5. The third-order valence-corrected chi connectivity index (χ3v) is 7.50. The molecule has 0 radical (unpaired) electrons. The highest BCUT2D eigenvalue weighted by atomic mass is 32.2. The zero-order valence-corrected chi connectivity index (χ0v) is 20.7. The highest BCUT2D eigenvalue weighted by Gasteiger charge is 2.51. The number of hydrogen-bond donors (Lipinski definition) is 3. The number of amides is 3. The van der Waals surface area contributed by atoms with Gasteiger partial charge in [-0.15, -0.1) is 11.8 Å². The molecule has 0 aliphatic carbocycles. The first-order chi connectivity index (χ1) is 17.8. The number of likely N-dealkylation sites (tertiary alicyclic amines) is 2. The fourth-order valence-electron chi connectivity index (χ4n) is 4.36.